The average molecular weight is 296 g/mol. The maximum Gasteiger partial charge on any atom is 0.337 e. The lowest BCUT2D eigenvalue weighted by atomic mass is 10.1. The molecule has 0 heterocycles. The fraction of sp³-hybridized carbons (Fsp3) is 0.111. The average Bonchev–Trinajstić information content (AvgIpc) is 2.52. The summed E-state index contributed by atoms with van der Waals surface area (Å²) in [7, 11) is 1.33. The van der Waals surface area contributed by atoms with Gasteiger partial charge in [-0.3, -0.25) is 0 Å². The molecular weight excluding hydrogens is 280 g/mol. The van der Waals surface area contributed by atoms with Crippen LogP contribution in [0.25, 0.3) is 6.08 Å². The third kappa shape index (κ3) is 4.31. The Labute approximate surface area is 129 Å². The number of hydrogen-bond acceptors (Lipinski definition) is 4. The molecule has 0 radical (unpaired) electrons. The smallest absolute Gasteiger partial charge is 0.337 e. The van der Waals surface area contributed by atoms with Crippen LogP contribution in [0.3, 0.4) is 0 Å². The zero-order chi connectivity index (χ0) is 15.9. The van der Waals surface area contributed by atoms with Crippen LogP contribution >= 0.6 is 0 Å². The third-order valence-corrected chi connectivity index (χ3v) is 2.95. The van der Waals surface area contributed by atoms with Gasteiger partial charge in [0, 0.05) is 6.08 Å². The summed E-state index contributed by atoms with van der Waals surface area (Å²) in [4.78, 5) is 23.0. The van der Waals surface area contributed by atoms with Crippen molar-refractivity contribution in [1.82, 2.24) is 0 Å². The number of esters is 2. The van der Waals surface area contributed by atoms with Crippen LogP contribution in [0, 0.1) is 6.92 Å². The second-order valence-corrected chi connectivity index (χ2v) is 4.68. The van der Waals surface area contributed by atoms with Crippen molar-refractivity contribution in [3.8, 4) is 5.75 Å². The van der Waals surface area contributed by atoms with E-state index in [4.69, 9.17) is 4.74 Å². The first-order valence-corrected chi connectivity index (χ1v) is 6.73. The second kappa shape index (κ2) is 7.22. The molecule has 0 aliphatic carbocycles. The van der Waals surface area contributed by atoms with E-state index in [0.29, 0.717) is 11.3 Å². The van der Waals surface area contributed by atoms with E-state index in [0.717, 1.165) is 11.1 Å². The number of ether oxygens (including phenoxy) is 2. The Bertz CT molecular complexity index is 699. The maximum atomic E-state index is 11.7. The molecule has 0 aromatic heterocycles. The van der Waals surface area contributed by atoms with Gasteiger partial charge in [0.1, 0.15) is 5.75 Å². The molecule has 0 amide bonds. The van der Waals surface area contributed by atoms with Gasteiger partial charge in [-0.1, -0.05) is 24.3 Å². The zero-order valence-electron chi connectivity index (χ0n) is 12.4. The summed E-state index contributed by atoms with van der Waals surface area (Å²) in [6, 6.07) is 14.0. The standard InChI is InChI=1S/C18H16O4/c1-13-4-3-5-16(12-13)22-17(19)11-8-14-6-9-15(10-7-14)18(20)21-2/h3-12H,1-2H3/b11-8+. The molecule has 0 aliphatic rings. The number of hydrogen-bond donors (Lipinski definition) is 0. The first kappa shape index (κ1) is 15.5. The van der Waals surface area contributed by atoms with Crippen LogP contribution in [0.5, 0.6) is 5.75 Å². The van der Waals surface area contributed by atoms with Crippen LogP contribution in [0.1, 0.15) is 21.5 Å². The lowest BCUT2D eigenvalue weighted by Crippen LogP contribution is -2.03. The first-order chi connectivity index (χ1) is 10.6. The van der Waals surface area contributed by atoms with Crippen molar-refractivity contribution in [3.63, 3.8) is 0 Å². The SMILES string of the molecule is COC(=O)c1ccc(/C=C/C(=O)Oc2cccc(C)c2)cc1. The predicted molar refractivity (Wildman–Crippen MR) is 83.6 cm³/mol. The fourth-order valence-electron chi connectivity index (χ4n) is 1.84. The monoisotopic (exact) mass is 296 g/mol. The quantitative estimate of drug-likeness (QED) is 0.493. The molecule has 0 saturated heterocycles. The molecule has 4 nitrogen and oxygen atoms in total. The van der Waals surface area contributed by atoms with Crippen molar-refractivity contribution < 1.29 is 19.1 Å². The lowest BCUT2D eigenvalue weighted by Gasteiger charge is -2.02. The Morgan fingerprint density at radius 2 is 1.77 bits per heavy atom. The largest absolute Gasteiger partial charge is 0.465 e. The molecule has 0 unspecified atom stereocenters. The van der Waals surface area contributed by atoms with Gasteiger partial charge in [-0.2, -0.15) is 0 Å². The van der Waals surface area contributed by atoms with E-state index in [1.54, 1.807) is 42.5 Å². The van der Waals surface area contributed by atoms with Gasteiger partial charge in [0.2, 0.25) is 0 Å². The highest BCUT2D eigenvalue weighted by molar-refractivity contribution is 5.90. The summed E-state index contributed by atoms with van der Waals surface area (Å²) < 4.78 is 9.82. The minimum Gasteiger partial charge on any atom is -0.465 e. The van der Waals surface area contributed by atoms with Gasteiger partial charge in [-0.25, -0.2) is 9.59 Å². The number of benzene rings is 2. The first-order valence-electron chi connectivity index (χ1n) is 6.73. The summed E-state index contributed by atoms with van der Waals surface area (Å²) in [6.45, 7) is 1.93. The minimum absolute atomic E-state index is 0.394. The topological polar surface area (TPSA) is 52.6 Å². The summed E-state index contributed by atoms with van der Waals surface area (Å²) in [6.07, 6.45) is 2.97. The van der Waals surface area contributed by atoms with Crippen LogP contribution in [0.4, 0.5) is 0 Å². The van der Waals surface area contributed by atoms with Crippen molar-refractivity contribution in [2.45, 2.75) is 6.92 Å². The van der Waals surface area contributed by atoms with Crippen LogP contribution in [0.2, 0.25) is 0 Å². The molecule has 0 spiro atoms. The molecule has 0 aliphatic heterocycles. The number of rotatable bonds is 4. The van der Waals surface area contributed by atoms with Gasteiger partial charge >= 0.3 is 11.9 Å². The van der Waals surface area contributed by atoms with Gasteiger partial charge in [-0.15, -0.1) is 0 Å². The maximum absolute atomic E-state index is 11.7. The molecule has 22 heavy (non-hydrogen) atoms. The second-order valence-electron chi connectivity index (χ2n) is 4.68. The van der Waals surface area contributed by atoms with Crippen LogP contribution in [-0.2, 0) is 9.53 Å². The van der Waals surface area contributed by atoms with Crippen LogP contribution in [-0.4, -0.2) is 19.0 Å². The van der Waals surface area contributed by atoms with Crippen molar-refractivity contribution >= 4 is 18.0 Å². The number of aryl methyl sites for hydroxylation is 1. The molecule has 2 rings (SSSR count). The number of methoxy groups -OCH3 is 1. The third-order valence-electron chi connectivity index (χ3n) is 2.95. The van der Waals surface area contributed by atoms with E-state index in [1.165, 1.54) is 13.2 Å². The number of carbonyl (C=O) groups is 2. The normalized spacial score (nSPS) is 10.5. The molecule has 2 aromatic rings. The molecule has 0 bridgehead atoms. The highest BCUT2D eigenvalue weighted by atomic mass is 16.5. The molecular formula is C18H16O4. The van der Waals surface area contributed by atoms with Gasteiger partial charge in [0.25, 0.3) is 0 Å². The van der Waals surface area contributed by atoms with E-state index in [1.807, 2.05) is 19.1 Å². The van der Waals surface area contributed by atoms with Crippen molar-refractivity contribution in [3.05, 3.63) is 71.3 Å². The van der Waals surface area contributed by atoms with Crippen LogP contribution < -0.4 is 4.74 Å². The molecule has 0 fully saturated rings. The van der Waals surface area contributed by atoms with Crippen LogP contribution in [0.15, 0.2) is 54.6 Å². The summed E-state index contributed by atoms with van der Waals surface area (Å²) >= 11 is 0. The van der Waals surface area contributed by atoms with Gasteiger partial charge in [0.15, 0.2) is 0 Å². The summed E-state index contributed by atoms with van der Waals surface area (Å²) in [5.41, 5.74) is 2.27. The van der Waals surface area contributed by atoms with Crippen molar-refractivity contribution in [1.29, 1.82) is 0 Å². The Kier molecular flexibility index (Phi) is 5.09. The Morgan fingerprint density at radius 1 is 1.05 bits per heavy atom. The Morgan fingerprint density at radius 3 is 2.41 bits per heavy atom. The van der Waals surface area contributed by atoms with E-state index < -0.39 is 11.9 Å². The van der Waals surface area contributed by atoms with Crippen molar-refractivity contribution in [2.24, 2.45) is 0 Å². The van der Waals surface area contributed by atoms with Crippen molar-refractivity contribution in [2.75, 3.05) is 7.11 Å². The molecule has 112 valence electrons. The van der Waals surface area contributed by atoms with Gasteiger partial charge in [-0.05, 0) is 48.4 Å². The van der Waals surface area contributed by atoms with E-state index in [-0.39, 0.29) is 0 Å². The fourth-order valence-corrected chi connectivity index (χ4v) is 1.84. The molecule has 0 atom stereocenters. The highest BCUT2D eigenvalue weighted by Gasteiger charge is 2.04. The Balaban J connectivity index is 1.99. The molecule has 0 N–H and O–H groups in total. The van der Waals surface area contributed by atoms with E-state index >= 15 is 0 Å². The molecule has 2 aromatic carbocycles. The minimum atomic E-state index is -0.456. The van der Waals surface area contributed by atoms with E-state index in [2.05, 4.69) is 4.74 Å². The lowest BCUT2D eigenvalue weighted by molar-refractivity contribution is -0.128. The van der Waals surface area contributed by atoms with Gasteiger partial charge in [0.05, 0.1) is 12.7 Å². The summed E-state index contributed by atoms with van der Waals surface area (Å²) in [5, 5.41) is 0. The zero-order valence-corrected chi connectivity index (χ0v) is 12.4. The molecule has 4 heteroatoms. The highest BCUT2D eigenvalue weighted by Crippen LogP contribution is 2.13. The predicted octanol–water partition coefficient (Wildman–Crippen LogP) is 3.40. The Hall–Kier alpha value is -2.88. The van der Waals surface area contributed by atoms with Gasteiger partial charge < -0.3 is 9.47 Å². The van der Waals surface area contributed by atoms with E-state index in [9.17, 15) is 9.59 Å². The summed E-state index contributed by atoms with van der Waals surface area (Å²) in [5.74, 6) is -0.340. The molecule has 0 saturated carbocycles. The number of carbonyl (C=O) groups excluding carboxylic acids is 2.